The Hall–Kier alpha value is 0.490. The molecule has 0 amide bonds. The molecule has 0 atom stereocenters. The summed E-state index contributed by atoms with van der Waals surface area (Å²) in [6.45, 7) is 7.67. The zero-order valence-electron chi connectivity index (χ0n) is 11.1. The first-order valence-corrected chi connectivity index (χ1v) is 8.18. The molecule has 1 aliphatic heterocycles. The monoisotopic (exact) mass is 342 g/mol. The van der Waals surface area contributed by atoms with Gasteiger partial charge < -0.3 is 5.32 Å². The van der Waals surface area contributed by atoms with E-state index in [4.69, 9.17) is 23.2 Å². The number of rotatable bonds is 5. The van der Waals surface area contributed by atoms with Crippen molar-refractivity contribution in [3.8, 4) is 0 Å². The first kappa shape index (κ1) is 17.5. The van der Waals surface area contributed by atoms with Crippen LogP contribution in [0.15, 0.2) is 5.38 Å². The van der Waals surface area contributed by atoms with Crippen LogP contribution in [0.1, 0.15) is 25.3 Å². The highest BCUT2D eigenvalue weighted by atomic mass is 35.5. The number of halogens is 3. The lowest BCUT2D eigenvalue weighted by atomic mass is 9.96. The van der Waals surface area contributed by atoms with Gasteiger partial charge in [0, 0.05) is 6.54 Å². The van der Waals surface area contributed by atoms with Gasteiger partial charge in [0.1, 0.15) is 4.34 Å². The molecule has 19 heavy (non-hydrogen) atoms. The summed E-state index contributed by atoms with van der Waals surface area (Å²) in [5.41, 5.74) is 1.18. The van der Waals surface area contributed by atoms with Crippen LogP contribution in [0, 0.1) is 5.92 Å². The second-order valence-corrected chi connectivity index (χ2v) is 6.74. The summed E-state index contributed by atoms with van der Waals surface area (Å²) in [5.74, 6) is 0.836. The SMILES string of the molecule is CCNCC1CCN(Cc2csc(Cl)c2Cl)CC1.Cl. The molecule has 1 aromatic rings. The van der Waals surface area contributed by atoms with E-state index in [-0.39, 0.29) is 12.4 Å². The average Bonchev–Trinajstić information content (AvgIpc) is 2.70. The number of nitrogens with zero attached hydrogens (tertiary/aromatic N) is 1. The molecular weight excluding hydrogens is 323 g/mol. The Morgan fingerprint density at radius 1 is 1.37 bits per heavy atom. The molecule has 110 valence electrons. The molecule has 1 saturated heterocycles. The summed E-state index contributed by atoms with van der Waals surface area (Å²) < 4.78 is 0.716. The van der Waals surface area contributed by atoms with E-state index in [2.05, 4.69) is 22.5 Å². The fourth-order valence-corrected chi connectivity index (χ4v) is 3.64. The minimum absolute atomic E-state index is 0. The molecule has 1 aliphatic rings. The largest absolute Gasteiger partial charge is 0.317 e. The second kappa shape index (κ2) is 8.71. The highest BCUT2D eigenvalue weighted by Crippen LogP contribution is 2.33. The lowest BCUT2D eigenvalue weighted by molar-refractivity contribution is 0.176. The van der Waals surface area contributed by atoms with Gasteiger partial charge in [-0.2, -0.15) is 0 Å². The van der Waals surface area contributed by atoms with Crippen LogP contribution in [0.2, 0.25) is 9.36 Å². The Morgan fingerprint density at radius 2 is 2.05 bits per heavy atom. The smallest absolute Gasteiger partial charge is 0.112 e. The van der Waals surface area contributed by atoms with Crippen LogP contribution in [0.5, 0.6) is 0 Å². The molecule has 2 heterocycles. The van der Waals surface area contributed by atoms with Crippen molar-refractivity contribution in [1.29, 1.82) is 0 Å². The van der Waals surface area contributed by atoms with Crippen molar-refractivity contribution in [3.63, 3.8) is 0 Å². The van der Waals surface area contributed by atoms with Gasteiger partial charge in [-0.25, -0.2) is 0 Å². The first-order chi connectivity index (χ1) is 8.70. The topological polar surface area (TPSA) is 15.3 Å². The third kappa shape index (κ3) is 5.07. The average molecular weight is 344 g/mol. The lowest BCUT2D eigenvalue weighted by Gasteiger charge is -2.31. The molecule has 6 heteroatoms. The number of hydrogen-bond donors (Lipinski definition) is 1. The Morgan fingerprint density at radius 3 is 2.58 bits per heavy atom. The van der Waals surface area contributed by atoms with Crippen LogP contribution in [0.25, 0.3) is 0 Å². The van der Waals surface area contributed by atoms with E-state index in [1.54, 1.807) is 0 Å². The molecule has 2 nitrogen and oxygen atoms in total. The normalized spacial score (nSPS) is 17.4. The van der Waals surface area contributed by atoms with E-state index < -0.39 is 0 Å². The van der Waals surface area contributed by atoms with Crippen LogP contribution in [-0.2, 0) is 6.54 Å². The van der Waals surface area contributed by atoms with Gasteiger partial charge in [0.2, 0.25) is 0 Å². The summed E-state index contributed by atoms with van der Waals surface area (Å²) in [5, 5.41) is 6.27. The summed E-state index contributed by atoms with van der Waals surface area (Å²) in [6.07, 6.45) is 2.56. The molecule has 0 spiro atoms. The minimum Gasteiger partial charge on any atom is -0.317 e. The highest BCUT2D eigenvalue weighted by Gasteiger charge is 2.20. The van der Waals surface area contributed by atoms with Gasteiger partial charge >= 0.3 is 0 Å². The molecule has 2 rings (SSSR count). The molecule has 0 radical (unpaired) electrons. The molecule has 1 aromatic heterocycles. The van der Waals surface area contributed by atoms with Gasteiger partial charge in [0.05, 0.1) is 5.02 Å². The van der Waals surface area contributed by atoms with Crippen molar-refractivity contribution in [2.75, 3.05) is 26.2 Å². The zero-order chi connectivity index (χ0) is 13.0. The predicted octanol–water partition coefficient (Wildman–Crippen LogP) is 4.30. The standard InChI is InChI=1S/C13H20Cl2N2S.ClH/c1-2-16-7-10-3-5-17(6-4-10)8-11-9-18-13(15)12(11)14;/h9-10,16H,2-8H2,1H3;1H. The van der Waals surface area contributed by atoms with E-state index >= 15 is 0 Å². The molecular formula is C13H21Cl3N2S. The van der Waals surface area contributed by atoms with Gasteiger partial charge in [-0.15, -0.1) is 23.7 Å². The van der Waals surface area contributed by atoms with Crippen molar-refractivity contribution >= 4 is 46.9 Å². The van der Waals surface area contributed by atoms with Crippen LogP contribution in [0.4, 0.5) is 0 Å². The van der Waals surface area contributed by atoms with Crippen molar-refractivity contribution < 1.29 is 0 Å². The van der Waals surface area contributed by atoms with Gasteiger partial charge in [-0.05, 0) is 55.9 Å². The number of nitrogens with one attached hydrogen (secondary N) is 1. The second-order valence-electron chi connectivity index (χ2n) is 4.88. The van der Waals surface area contributed by atoms with Crippen LogP contribution in [-0.4, -0.2) is 31.1 Å². The molecule has 1 N–H and O–H groups in total. The predicted molar refractivity (Wildman–Crippen MR) is 88.1 cm³/mol. The summed E-state index contributed by atoms with van der Waals surface area (Å²) in [4.78, 5) is 2.48. The van der Waals surface area contributed by atoms with E-state index in [0.717, 1.165) is 30.6 Å². The third-order valence-corrected chi connectivity index (χ3v) is 5.45. The number of piperidine rings is 1. The van der Waals surface area contributed by atoms with E-state index in [1.807, 2.05) is 0 Å². The van der Waals surface area contributed by atoms with Gasteiger partial charge in [-0.3, -0.25) is 4.90 Å². The molecule has 0 aromatic carbocycles. The third-order valence-electron chi connectivity index (χ3n) is 3.54. The van der Waals surface area contributed by atoms with Crippen molar-refractivity contribution in [1.82, 2.24) is 10.2 Å². The van der Waals surface area contributed by atoms with Gasteiger partial charge in [-0.1, -0.05) is 30.1 Å². The maximum atomic E-state index is 6.17. The van der Waals surface area contributed by atoms with Crippen LogP contribution in [0.3, 0.4) is 0 Å². The van der Waals surface area contributed by atoms with Crippen LogP contribution < -0.4 is 5.32 Å². The zero-order valence-corrected chi connectivity index (χ0v) is 14.3. The van der Waals surface area contributed by atoms with E-state index in [0.29, 0.717) is 4.34 Å². The maximum absolute atomic E-state index is 6.17. The summed E-state index contributed by atoms with van der Waals surface area (Å²) >= 11 is 13.7. The van der Waals surface area contributed by atoms with Crippen molar-refractivity contribution in [3.05, 3.63) is 20.3 Å². The maximum Gasteiger partial charge on any atom is 0.112 e. The summed E-state index contributed by atoms with van der Waals surface area (Å²) in [7, 11) is 0. The molecule has 0 bridgehead atoms. The van der Waals surface area contributed by atoms with Gasteiger partial charge in [0.15, 0.2) is 0 Å². The summed E-state index contributed by atoms with van der Waals surface area (Å²) in [6, 6.07) is 0. The Kier molecular flexibility index (Phi) is 8.04. The van der Waals surface area contributed by atoms with Gasteiger partial charge in [0.25, 0.3) is 0 Å². The fourth-order valence-electron chi connectivity index (χ4n) is 2.40. The first-order valence-electron chi connectivity index (χ1n) is 6.55. The Balaban J connectivity index is 0.00000180. The van der Waals surface area contributed by atoms with Crippen molar-refractivity contribution in [2.24, 2.45) is 5.92 Å². The Labute approximate surface area is 135 Å². The minimum atomic E-state index is 0. The fraction of sp³-hybridized carbons (Fsp3) is 0.692. The van der Waals surface area contributed by atoms with Crippen LogP contribution >= 0.6 is 46.9 Å². The number of likely N-dealkylation sites (tertiary alicyclic amines) is 1. The van der Waals surface area contributed by atoms with E-state index in [1.165, 1.54) is 42.8 Å². The Bertz CT molecular complexity index is 376. The molecule has 1 fully saturated rings. The number of hydrogen-bond acceptors (Lipinski definition) is 3. The molecule has 0 saturated carbocycles. The quantitative estimate of drug-likeness (QED) is 0.857. The molecule has 0 aliphatic carbocycles. The van der Waals surface area contributed by atoms with E-state index in [9.17, 15) is 0 Å². The molecule has 0 unspecified atom stereocenters. The highest BCUT2D eigenvalue weighted by molar-refractivity contribution is 7.15. The van der Waals surface area contributed by atoms with Crippen molar-refractivity contribution in [2.45, 2.75) is 26.3 Å². The number of thiophene rings is 1. The lowest BCUT2D eigenvalue weighted by Crippen LogP contribution is -2.36.